The van der Waals surface area contributed by atoms with Crippen molar-refractivity contribution in [3.63, 3.8) is 0 Å². The summed E-state index contributed by atoms with van der Waals surface area (Å²) < 4.78 is 0. The highest BCUT2D eigenvalue weighted by molar-refractivity contribution is 5.76. The molecular formula is C17H16N6O2. The van der Waals surface area contributed by atoms with Crippen molar-refractivity contribution in [2.24, 2.45) is 0 Å². The molecule has 0 bridgehead atoms. The van der Waals surface area contributed by atoms with Gasteiger partial charge in [-0.25, -0.2) is 15.0 Å². The molecule has 8 heteroatoms. The fourth-order valence-electron chi connectivity index (χ4n) is 2.26. The molecule has 3 rings (SSSR count). The summed E-state index contributed by atoms with van der Waals surface area (Å²) >= 11 is 0. The van der Waals surface area contributed by atoms with E-state index in [-0.39, 0.29) is 17.3 Å². The maximum Gasteiger partial charge on any atom is 0.353 e. The number of hydrogen-bond acceptors (Lipinski definition) is 7. The predicted octanol–water partition coefficient (Wildman–Crippen LogP) is 3.88. The lowest BCUT2D eigenvalue weighted by atomic mass is 10.2. The molecule has 2 heterocycles. The topological polar surface area (TPSA) is 106 Å². The van der Waals surface area contributed by atoms with Crippen LogP contribution in [0, 0.1) is 24.0 Å². The number of benzene rings is 1. The highest BCUT2D eigenvalue weighted by atomic mass is 16.6. The van der Waals surface area contributed by atoms with E-state index in [0.29, 0.717) is 11.5 Å². The van der Waals surface area contributed by atoms with E-state index < -0.39 is 4.92 Å². The molecule has 0 atom stereocenters. The Morgan fingerprint density at radius 2 is 1.72 bits per heavy atom. The molecule has 1 aromatic carbocycles. The third-order valence-electron chi connectivity index (χ3n) is 3.44. The van der Waals surface area contributed by atoms with E-state index in [1.807, 2.05) is 44.2 Å². The molecule has 0 aliphatic heterocycles. The minimum atomic E-state index is -0.519. The highest BCUT2D eigenvalue weighted by Gasteiger charge is 2.23. The zero-order valence-electron chi connectivity index (χ0n) is 13.7. The molecule has 0 radical (unpaired) electrons. The first-order chi connectivity index (χ1) is 12.0. The number of anilines is 4. The summed E-state index contributed by atoms with van der Waals surface area (Å²) in [6, 6.07) is 11.1. The fourth-order valence-corrected chi connectivity index (χ4v) is 2.26. The summed E-state index contributed by atoms with van der Waals surface area (Å²) in [7, 11) is 0. The Morgan fingerprint density at radius 3 is 2.36 bits per heavy atom. The van der Waals surface area contributed by atoms with E-state index in [4.69, 9.17) is 0 Å². The molecule has 126 valence electrons. The van der Waals surface area contributed by atoms with Crippen LogP contribution in [0.2, 0.25) is 0 Å². The number of aromatic nitrogens is 3. The Bertz CT molecular complexity index is 911. The third-order valence-corrected chi connectivity index (χ3v) is 3.44. The van der Waals surface area contributed by atoms with Crippen molar-refractivity contribution < 1.29 is 4.92 Å². The number of pyridine rings is 1. The van der Waals surface area contributed by atoms with Gasteiger partial charge in [0.15, 0.2) is 0 Å². The smallest absolute Gasteiger partial charge is 0.334 e. The molecule has 2 aromatic heterocycles. The van der Waals surface area contributed by atoms with E-state index in [2.05, 4.69) is 25.6 Å². The summed E-state index contributed by atoms with van der Waals surface area (Å²) in [6.45, 7) is 3.85. The molecule has 0 aliphatic carbocycles. The lowest BCUT2D eigenvalue weighted by molar-refractivity contribution is -0.383. The predicted molar refractivity (Wildman–Crippen MR) is 95.4 cm³/mol. The Labute approximate surface area is 144 Å². The summed E-state index contributed by atoms with van der Waals surface area (Å²) in [5.74, 6) is 0.653. The van der Waals surface area contributed by atoms with E-state index in [0.717, 1.165) is 11.1 Å². The van der Waals surface area contributed by atoms with Gasteiger partial charge in [0.2, 0.25) is 11.6 Å². The number of nitrogens with zero attached hydrogens (tertiary/aromatic N) is 4. The van der Waals surface area contributed by atoms with Crippen LogP contribution in [-0.4, -0.2) is 19.9 Å². The number of nitrogens with one attached hydrogen (secondary N) is 2. The largest absolute Gasteiger partial charge is 0.353 e. The minimum Gasteiger partial charge on any atom is -0.334 e. The zero-order valence-corrected chi connectivity index (χ0v) is 13.7. The van der Waals surface area contributed by atoms with Crippen LogP contribution < -0.4 is 10.6 Å². The number of aryl methyl sites for hydroxylation is 2. The quantitative estimate of drug-likeness (QED) is 0.538. The number of rotatable bonds is 5. The minimum absolute atomic E-state index is 0.0755. The van der Waals surface area contributed by atoms with Crippen LogP contribution >= 0.6 is 0 Å². The van der Waals surface area contributed by atoms with Gasteiger partial charge in [-0.1, -0.05) is 18.2 Å². The van der Waals surface area contributed by atoms with Crippen LogP contribution in [0.1, 0.15) is 11.1 Å². The molecule has 0 unspecified atom stereocenters. The summed E-state index contributed by atoms with van der Waals surface area (Å²) in [5.41, 5.74) is 2.49. The van der Waals surface area contributed by atoms with Gasteiger partial charge in [0.1, 0.15) is 12.1 Å². The molecule has 0 amide bonds. The summed E-state index contributed by atoms with van der Waals surface area (Å²) in [5, 5.41) is 17.4. The Morgan fingerprint density at radius 1 is 0.960 bits per heavy atom. The third kappa shape index (κ3) is 3.86. The maximum atomic E-state index is 11.6. The molecule has 25 heavy (non-hydrogen) atoms. The van der Waals surface area contributed by atoms with Gasteiger partial charge in [0.25, 0.3) is 0 Å². The van der Waals surface area contributed by atoms with Gasteiger partial charge in [-0.3, -0.25) is 10.1 Å². The van der Waals surface area contributed by atoms with E-state index in [1.165, 1.54) is 6.33 Å². The first kappa shape index (κ1) is 16.3. The van der Waals surface area contributed by atoms with Crippen LogP contribution in [0.4, 0.5) is 28.8 Å². The van der Waals surface area contributed by atoms with Crippen LogP contribution in [0.15, 0.2) is 48.9 Å². The molecule has 3 aromatic rings. The second kappa shape index (κ2) is 6.91. The molecular weight excluding hydrogens is 320 g/mol. The van der Waals surface area contributed by atoms with Crippen molar-refractivity contribution in [2.45, 2.75) is 13.8 Å². The first-order valence-electron chi connectivity index (χ1n) is 7.55. The van der Waals surface area contributed by atoms with Crippen molar-refractivity contribution in [3.8, 4) is 0 Å². The van der Waals surface area contributed by atoms with Gasteiger partial charge >= 0.3 is 5.69 Å². The number of hydrogen-bond donors (Lipinski definition) is 2. The first-order valence-corrected chi connectivity index (χ1v) is 7.55. The second-order valence-electron chi connectivity index (χ2n) is 5.52. The van der Waals surface area contributed by atoms with E-state index in [9.17, 15) is 10.1 Å². The van der Waals surface area contributed by atoms with Gasteiger partial charge in [0.05, 0.1) is 4.92 Å². The summed E-state index contributed by atoms with van der Waals surface area (Å²) in [4.78, 5) is 23.2. The maximum absolute atomic E-state index is 11.6. The monoisotopic (exact) mass is 336 g/mol. The lowest BCUT2D eigenvalue weighted by Crippen LogP contribution is -2.06. The fraction of sp³-hybridized carbons (Fsp3) is 0.118. The van der Waals surface area contributed by atoms with Gasteiger partial charge in [-0.15, -0.1) is 0 Å². The highest BCUT2D eigenvalue weighted by Crippen LogP contribution is 2.32. The standard InChI is InChI=1S/C17H16N6O2/c1-11-4-3-5-13(8-11)21-16-15(23(24)25)17(20-10-19-16)22-14-7-6-12(2)9-18-14/h3-10H,1-2H3,(H2,18,19,20,21,22). The normalized spacial score (nSPS) is 10.3. The van der Waals surface area contributed by atoms with Crippen molar-refractivity contribution >= 4 is 28.8 Å². The van der Waals surface area contributed by atoms with E-state index >= 15 is 0 Å². The SMILES string of the molecule is Cc1ccc(Nc2ncnc(Nc3cccc(C)c3)c2[N+](=O)[O-])nc1. The molecule has 2 N–H and O–H groups in total. The molecule has 8 nitrogen and oxygen atoms in total. The second-order valence-corrected chi connectivity index (χ2v) is 5.52. The lowest BCUT2D eigenvalue weighted by Gasteiger charge is -2.10. The van der Waals surface area contributed by atoms with Gasteiger partial charge in [-0.2, -0.15) is 0 Å². The molecule has 0 spiro atoms. The Balaban J connectivity index is 1.96. The molecule has 0 saturated heterocycles. The van der Waals surface area contributed by atoms with Gasteiger partial charge < -0.3 is 10.6 Å². The van der Waals surface area contributed by atoms with Crippen molar-refractivity contribution in [1.29, 1.82) is 0 Å². The van der Waals surface area contributed by atoms with Crippen LogP contribution in [-0.2, 0) is 0 Å². The average molecular weight is 336 g/mol. The molecule has 0 saturated carbocycles. The van der Waals surface area contributed by atoms with Gasteiger partial charge in [-0.05, 0) is 43.2 Å². The Hall–Kier alpha value is -3.55. The van der Waals surface area contributed by atoms with Gasteiger partial charge in [0, 0.05) is 11.9 Å². The van der Waals surface area contributed by atoms with Crippen molar-refractivity contribution in [2.75, 3.05) is 10.6 Å². The van der Waals surface area contributed by atoms with Crippen LogP contribution in [0.25, 0.3) is 0 Å². The number of nitro groups is 1. The molecule has 0 fully saturated rings. The van der Waals surface area contributed by atoms with E-state index in [1.54, 1.807) is 12.3 Å². The van der Waals surface area contributed by atoms with Crippen molar-refractivity contribution in [3.05, 3.63) is 70.2 Å². The average Bonchev–Trinajstić information content (AvgIpc) is 2.57. The van der Waals surface area contributed by atoms with Crippen LogP contribution in [0.5, 0.6) is 0 Å². The van der Waals surface area contributed by atoms with Crippen LogP contribution in [0.3, 0.4) is 0 Å². The summed E-state index contributed by atoms with van der Waals surface area (Å²) in [6.07, 6.45) is 2.93. The van der Waals surface area contributed by atoms with Crippen molar-refractivity contribution in [1.82, 2.24) is 15.0 Å². The zero-order chi connectivity index (χ0) is 17.8. The Kier molecular flexibility index (Phi) is 4.51. The molecule has 0 aliphatic rings.